The maximum absolute atomic E-state index is 11.7. The summed E-state index contributed by atoms with van der Waals surface area (Å²) >= 11 is 1.87. The summed E-state index contributed by atoms with van der Waals surface area (Å²) in [5.74, 6) is 1.05. The van der Waals surface area contributed by atoms with E-state index in [0.717, 1.165) is 12.8 Å². The third kappa shape index (κ3) is 5.91. The average molecular weight is 268 g/mol. The van der Waals surface area contributed by atoms with Crippen molar-refractivity contribution in [1.29, 1.82) is 0 Å². The number of thioether (sulfide) groups is 1. The molecule has 0 bridgehead atoms. The maximum Gasteiger partial charge on any atom is 0.252 e. The molecule has 0 unspecified atom stereocenters. The van der Waals surface area contributed by atoms with Crippen LogP contribution in [0.15, 0.2) is 18.5 Å². The summed E-state index contributed by atoms with van der Waals surface area (Å²) in [6.45, 7) is 0.674. The van der Waals surface area contributed by atoms with Crippen molar-refractivity contribution in [1.82, 2.24) is 10.3 Å². The van der Waals surface area contributed by atoms with E-state index in [2.05, 4.69) is 16.6 Å². The molecule has 1 heterocycles. The van der Waals surface area contributed by atoms with E-state index in [1.165, 1.54) is 37.1 Å². The molecular formula is C13H20N2O2S. The Balaban J connectivity index is 2.14. The van der Waals surface area contributed by atoms with Crippen molar-refractivity contribution in [3.63, 3.8) is 0 Å². The van der Waals surface area contributed by atoms with E-state index in [0.29, 0.717) is 12.1 Å². The second kappa shape index (κ2) is 8.80. The second-order valence-corrected chi connectivity index (χ2v) is 5.08. The van der Waals surface area contributed by atoms with Crippen LogP contribution in [0.5, 0.6) is 5.75 Å². The van der Waals surface area contributed by atoms with Gasteiger partial charge >= 0.3 is 0 Å². The van der Waals surface area contributed by atoms with E-state index in [4.69, 9.17) is 0 Å². The zero-order chi connectivity index (χ0) is 13.2. The molecule has 2 N–H and O–H groups in total. The number of aromatic hydroxyl groups is 1. The first-order chi connectivity index (χ1) is 8.74. The summed E-state index contributed by atoms with van der Waals surface area (Å²) in [4.78, 5) is 15.4. The third-order valence-corrected chi connectivity index (χ3v) is 3.24. The first-order valence-corrected chi connectivity index (χ1v) is 7.54. The van der Waals surface area contributed by atoms with Crippen molar-refractivity contribution in [2.45, 2.75) is 25.7 Å². The molecule has 0 saturated heterocycles. The minimum atomic E-state index is -0.178. The summed E-state index contributed by atoms with van der Waals surface area (Å²) in [6.07, 6.45) is 9.46. The van der Waals surface area contributed by atoms with Gasteiger partial charge < -0.3 is 10.4 Å². The lowest BCUT2D eigenvalue weighted by molar-refractivity contribution is 0.0952. The van der Waals surface area contributed by atoms with Gasteiger partial charge in [-0.25, -0.2) is 0 Å². The van der Waals surface area contributed by atoms with Gasteiger partial charge in [-0.2, -0.15) is 11.8 Å². The summed E-state index contributed by atoms with van der Waals surface area (Å²) in [7, 11) is 0. The number of pyridine rings is 1. The molecule has 0 aliphatic rings. The van der Waals surface area contributed by atoms with Crippen LogP contribution in [-0.2, 0) is 0 Å². The monoisotopic (exact) mass is 268 g/mol. The molecule has 0 atom stereocenters. The summed E-state index contributed by atoms with van der Waals surface area (Å²) < 4.78 is 0. The van der Waals surface area contributed by atoms with Crippen LogP contribution in [0, 0.1) is 0 Å². The molecule has 18 heavy (non-hydrogen) atoms. The molecule has 5 heteroatoms. The molecule has 0 aliphatic carbocycles. The molecule has 1 aromatic heterocycles. The van der Waals surface area contributed by atoms with Gasteiger partial charge in [-0.05, 0) is 30.9 Å². The van der Waals surface area contributed by atoms with Crippen molar-refractivity contribution >= 4 is 17.7 Å². The van der Waals surface area contributed by atoms with Gasteiger partial charge in [0.1, 0.15) is 5.75 Å². The molecule has 0 radical (unpaired) electrons. The number of nitrogens with one attached hydrogen (secondary N) is 1. The van der Waals surface area contributed by atoms with Crippen LogP contribution >= 0.6 is 11.8 Å². The lowest BCUT2D eigenvalue weighted by Crippen LogP contribution is -2.24. The van der Waals surface area contributed by atoms with E-state index in [1.54, 1.807) is 0 Å². The number of amides is 1. The van der Waals surface area contributed by atoms with Gasteiger partial charge in [0.15, 0.2) is 0 Å². The Bertz CT molecular complexity index is 372. The fourth-order valence-electron chi connectivity index (χ4n) is 1.58. The minimum absolute atomic E-state index is 0.0136. The van der Waals surface area contributed by atoms with Crippen LogP contribution in [-0.4, -0.2) is 34.6 Å². The fraction of sp³-hybridized carbons (Fsp3) is 0.538. The maximum atomic E-state index is 11.7. The van der Waals surface area contributed by atoms with Crippen LogP contribution in [0.3, 0.4) is 0 Å². The molecule has 1 aromatic rings. The van der Waals surface area contributed by atoms with Gasteiger partial charge in [0, 0.05) is 12.7 Å². The Labute approximate surface area is 112 Å². The molecule has 1 rings (SSSR count). The quantitative estimate of drug-likeness (QED) is 0.711. The Kier molecular flexibility index (Phi) is 7.25. The topological polar surface area (TPSA) is 62.2 Å². The molecule has 100 valence electrons. The van der Waals surface area contributed by atoms with E-state index in [9.17, 15) is 9.90 Å². The van der Waals surface area contributed by atoms with E-state index in [-0.39, 0.29) is 11.7 Å². The SMILES string of the molecule is CSCCCCCCNC(=O)c1cncc(O)c1. The average Bonchev–Trinajstić information content (AvgIpc) is 2.37. The Hall–Kier alpha value is -1.23. The van der Waals surface area contributed by atoms with Crippen LogP contribution in [0.1, 0.15) is 36.0 Å². The highest BCUT2D eigenvalue weighted by Gasteiger charge is 2.05. The Morgan fingerprint density at radius 3 is 2.83 bits per heavy atom. The smallest absolute Gasteiger partial charge is 0.252 e. The van der Waals surface area contributed by atoms with Gasteiger partial charge in [-0.1, -0.05) is 12.8 Å². The normalized spacial score (nSPS) is 10.3. The van der Waals surface area contributed by atoms with Gasteiger partial charge in [0.05, 0.1) is 11.8 Å². The zero-order valence-electron chi connectivity index (χ0n) is 10.7. The van der Waals surface area contributed by atoms with Gasteiger partial charge in [0.2, 0.25) is 0 Å². The van der Waals surface area contributed by atoms with Crippen LogP contribution < -0.4 is 5.32 Å². The number of nitrogens with zero attached hydrogens (tertiary/aromatic N) is 1. The standard InChI is InChI=1S/C13H20N2O2S/c1-18-7-5-3-2-4-6-15-13(17)11-8-12(16)10-14-9-11/h8-10,16H,2-7H2,1H3,(H,15,17). The molecule has 4 nitrogen and oxygen atoms in total. The van der Waals surface area contributed by atoms with Crippen molar-refractivity contribution in [2.75, 3.05) is 18.6 Å². The zero-order valence-corrected chi connectivity index (χ0v) is 11.5. The molecule has 0 saturated carbocycles. The van der Waals surface area contributed by atoms with Crippen LogP contribution in [0.4, 0.5) is 0 Å². The van der Waals surface area contributed by atoms with Gasteiger partial charge in [-0.3, -0.25) is 9.78 Å². The molecule has 1 amide bonds. The molecular weight excluding hydrogens is 248 g/mol. The second-order valence-electron chi connectivity index (χ2n) is 4.09. The Morgan fingerprint density at radius 2 is 2.11 bits per heavy atom. The van der Waals surface area contributed by atoms with E-state index in [1.807, 2.05) is 11.8 Å². The highest BCUT2D eigenvalue weighted by atomic mass is 32.2. The summed E-state index contributed by atoms with van der Waals surface area (Å²) in [5, 5.41) is 12.0. The first kappa shape index (κ1) is 14.8. The van der Waals surface area contributed by atoms with Crippen molar-refractivity contribution in [3.05, 3.63) is 24.0 Å². The van der Waals surface area contributed by atoms with E-state index >= 15 is 0 Å². The number of carbonyl (C=O) groups excluding carboxylic acids is 1. The van der Waals surface area contributed by atoms with Gasteiger partial charge in [-0.15, -0.1) is 0 Å². The summed E-state index contributed by atoms with van der Waals surface area (Å²) in [5.41, 5.74) is 0.400. The Morgan fingerprint density at radius 1 is 1.33 bits per heavy atom. The number of unbranched alkanes of at least 4 members (excludes halogenated alkanes) is 3. The largest absolute Gasteiger partial charge is 0.506 e. The highest BCUT2D eigenvalue weighted by molar-refractivity contribution is 7.98. The predicted octanol–water partition coefficient (Wildman–Crippen LogP) is 2.44. The number of carbonyl (C=O) groups is 1. The van der Waals surface area contributed by atoms with Crippen molar-refractivity contribution in [2.24, 2.45) is 0 Å². The lowest BCUT2D eigenvalue weighted by atomic mass is 10.2. The van der Waals surface area contributed by atoms with Crippen molar-refractivity contribution in [3.8, 4) is 5.75 Å². The number of hydrogen-bond donors (Lipinski definition) is 2. The lowest BCUT2D eigenvalue weighted by Gasteiger charge is -2.05. The fourth-order valence-corrected chi connectivity index (χ4v) is 2.07. The number of hydrogen-bond acceptors (Lipinski definition) is 4. The first-order valence-electron chi connectivity index (χ1n) is 6.15. The number of rotatable bonds is 8. The molecule has 0 aromatic carbocycles. The van der Waals surface area contributed by atoms with Crippen LogP contribution in [0.2, 0.25) is 0 Å². The molecule has 0 spiro atoms. The molecule has 0 fully saturated rings. The van der Waals surface area contributed by atoms with Crippen molar-refractivity contribution < 1.29 is 9.90 Å². The summed E-state index contributed by atoms with van der Waals surface area (Å²) in [6, 6.07) is 1.42. The van der Waals surface area contributed by atoms with Gasteiger partial charge in [0.25, 0.3) is 5.91 Å². The van der Waals surface area contributed by atoms with Crippen LogP contribution in [0.25, 0.3) is 0 Å². The highest BCUT2D eigenvalue weighted by Crippen LogP contribution is 2.08. The predicted molar refractivity (Wildman–Crippen MR) is 75.1 cm³/mol. The third-order valence-electron chi connectivity index (χ3n) is 2.55. The van der Waals surface area contributed by atoms with E-state index < -0.39 is 0 Å². The minimum Gasteiger partial charge on any atom is -0.506 e. The number of aromatic nitrogens is 1. The molecule has 0 aliphatic heterocycles.